The first-order valence-corrected chi connectivity index (χ1v) is 7.04. The monoisotopic (exact) mass is 318 g/mol. The second kappa shape index (κ2) is 9.75. The summed E-state index contributed by atoms with van der Waals surface area (Å²) >= 11 is 0. The summed E-state index contributed by atoms with van der Waals surface area (Å²) in [7, 11) is 0. The largest absolute Gasteiger partial charge is 0.481 e. The Balaban J connectivity index is 4.60. The van der Waals surface area contributed by atoms with Crippen LogP contribution in [0.2, 0.25) is 0 Å². The van der Waals surface area contributed by atoms with Crippen molar-refractivity contribution in [1.29, 1.82) is 0 Å². The Bertz CT molecular complexity index is 374. The number of carboxylic acid groups (broad SMARTS) is 4. The van der Waals surface area contributed by atoms with Gasteiger partial charge in [-0.05, 0) is 12.8 Å². The van der Waals surface area contributed by atoms with Gasteiger partial charge in [0.15, 0.2) is 0 Å². The maximum atomic E-state index is 10.9. The van der Waals surface area contributed by atoms with E-state index in [2.05, 4.69) is 0 Å². The van der Waals surface area contributed by atoms with Crippen LogP contribution in [0, 0.1) is 5.41 Å². The molecule has 8 heteroatoms. The maximum Gasteiger partial charge on any atom is 0.303 e. The SMILES string of the molecule is O=C(O)CCCCCCC(CC(=O)O)(CC(=O)O)CC(=O)O. The van der Waals surface area contributed by atoms with Gasteiger partial charge in [0.2, 0.25) is 0 Å². The third-order valence-corrected chi connectivity index (χ3v) is 3.43. The lowest BCUT2D eigenvalue weighted by molar-refractivity contribution is -0.148. The average Bonchev–Trinajstić information content (AvgIpc) is 2.30. The quantitative estimate of drug-likeness (QED) is 0.376. The Morgan fingerprint density at radius 1 is 0.591 bits per heavy atom. The molecule has 0 bridgehead atoms. The number of unbranched alkanes of at least 4 members (excludes halogenated alkanes) is 3. The minimum Gasteiger partial charge on any atom is -0.481 e. The van der Waals surface area contributed by atoms with Crippen LogP contribution in [0.3, 0.4) is 0 Å². The van der Waals surface area contributed by atoms with Crippen molar-refractivity contribution in [2.24, 2.45) is 5.41 Å². The molecule has 0 aliphatic heterocycles. The molecule has 126 valence electrons. The number of hydrogen-bond donors (Lipinski definition) is 4. The van der Waals surface area contributed by atoms with Gasteiger partial charge in [-0.1, -0.05) is 19.3 Å². The number of hydrogen-bond acceptors (Lipinski definition) is 4. The summed E-state index contributed by atoms with van der Waals surface area (Å²) < 4.78 is 0. The molecule has 0 fully saturated rings. The molecule has 0 radical (unpaired) electrons. The zero-order valence-electron chi connectivity index (χ0n) is 12.3. The first kappa shape index (κ1) is 19.9. The van der Waals surface area contributed by atoms with E-state index in [-0.39, 0.29) is 12.8 Å². The Labute approximate surface area is 127 Å². The van der Waals surface area contributed by atoms with Crippen molar-refractivity contribution in [3.63, 3.8) is 0 Å². The van der Waals surface area contributed by atoms with Crippen molar-refractivity contribution < 1.29 is 39.6 Å². The van der Waals surface area contributed by atoms with Crippen LogP contribution in [0.4, 0.5) is 0 Å². The highest BCUT2D eigenvalue weighted by atomic mass is 16.4. The van der Waals surface area contributed by atoms with Crippen molar-refractivity contribution in [2.75, 3.05) is 0 Å². The molecule has 0 aromatic heterocycles. The second-order valence-corrected chi connectivity index (χ2v) is 5.52. The van der Waals surface area contributed by atoms with Gasteiger partial charge in [0.1, 0.15) is 0 Å². The first-order chi connectivity index (χ1) is 10.2. The van der Waals surface area contributed by atoms with Crippen LogP contribution in [-0.2, 0) is 19.2 Å². The molecule has 4 N–H and O–H groups in total. The van der Waals surface area contributed by atoms with Crippen molar-refractivity contribution in [1.82, 2.24) is 0 Å². The number of rotatable bonds is 13. The molecular formula is C14H22O8. The van der Waals surface area contributed by atoms with E-state index in [0.29, 0.717) is 25.7 Å². The van der Waals surface area contributed by atoms with Crippen LogP contribution in [0.1, 0.15) is 57.8 Å². The molecule has 0 spiro atoms. The van der Waals surface area contributed by atoms with Crippen molar-refractivity contribution in [2.45, 2.75) is 57.8 Å². The van der Waals surface area contributed by atoms with E-state index in [0.717, 1.165) is 0 Å². The molecule has 0 aliphatic carbocycles. The van der Waals surface area contributed by atoms with Gasteiger partial charge in [-0.15, -0.1) is 0 Å². The molecule has 0 amide bonds. The van der Waals surface area contributed by atoms with Crippen molar-refractivity contribution in [3.05, 3.63) is 0 Å². The zero-order valence-corrected chi connectivity index (χ0v) is 12.3. The third kappa shape index (κ3) is 9.73. The van der Waals surface area contributed by atoms with E-state index in [1.54, 1.807) is 0 Å². The Morgan fingerprint density at radius 2 is 1.00 bits per heavy atom. The van der Waals surface area contributed by atoms with Gasteiger partial charge in [-0.25, -0.2) is 0 Å². The summed E-state index contributed by atoms with van der Waals surface area (Å²) in [5.74, 6) is -4.58. The molecule has 0 aromatic carbocycles. The molecule has 0 aromatic rings. The Hall–Kier alpha value is -2.12. The molecule has 22 heavy (non-hydrogen) atoms. The number of carboxylic acids is 4. The van der Waals surface area contributed by atoms with Gasteiger partial charge in [0, 0.05) is 11.8 Å². The number of aliphatic carboxylic acids is 4. The van der Waals surface area contributed by atoms with E-state index in [4.69, 9.17) is 20.4 Å². The molecule has 0 aliphatic rings. The first-order valence-electron chi connectivity index (χ1n) is 7.04. The Morgan fingerprint density at radius 3 is 1.36 bits per heavy atom. The summed E-state index contributed by atoms with van der Waals surface area (Å²) in [6.07, 6.45) is 0.855. The summed E-state index contributed by atoms with van der Waals surface area (Å²) in [6.45, 7) is 0. The van der Waals surface area contributed by atoms with Gasteiger partial charge in [0.25, 0.3) is 0 Å². The topological polar surface area (TPSA) is 149 Å². The van der Waals surface area contributed by atoms with Gasteiger partial charge in [-0.2, -0.15) is 0 Å². The van der Waals surface area contributed by atoms with E-state index >= 15 is 0 Å². The number of carbonyl (C=O) groups is 4. The lowest BCUT2D eigenvalue weighted by Crippen LogP contribution is -2.30. The molecule has 0 heterocycles. The summed E-state index contributed by atoms with van der Waals surface area (Å²) in [5.41, 5.74) is -1.31. The minimum atomic E-state index is -1.31. The molecular weight excluding hydrogens is 296 g/mol. The van der Waals surface area contributed by atoms with Crippen LogP contribution in [0.15, 0.2) is 0 Å². The van der Waals surface area contributed by atoms with E-state index < -0.39 is 48.6 Å². The minimum absolute atomic E-state index is 0.0462. The van der Waals surface area contributed by atoms with Gasteiger partial charge >= 0.3 is 23.9 Å². The van der Waals surface area contributed by atoms with E-state index in [1.165, 1.54) is 0 Å². The molecule has 0 unspecified atom stereocenters. The maximum absolute atomic E-state index is 10.9. The van der Waals surface area contributed by atoms with Crippen LogP contribution < -0.4 is 0 Å². The lowest BCUT2D eigenvalue weighted by Gasteiger charge is -2.29. The van der Waals surface area contributed by atoms with Crippen molar-refractivity contribution >= 4 is 23.9 Å². The predicted octanol–water partition coefficient (Wildman–Crippen LogP) is 1.82. The standard InChI is InChI=1S/C14H22O8/c15-10(16)5-3-1-2-4-6-14(7-11(17)18,8-12(19)20)9-13(21)22/h1-9H2,(H,15,16)(H,17,18)(H,19,20)(H,21,22). The van der Waals surface area contributed by atoms with Gasteiger partial charge < -0.3 is 20.4 Å². The smallest absolute Gasteiger partial charge is 0.303 e. The van der Waals surface area contributed by atoms with E-state index in [1.807, 2.05) is 0 Å². The molecule has 0 saturated carbocycles. The zero-order chi connectivity index (χ0) is 17.2. The molecule has 0 rings (SSSR count). The summed E-state index contributed by atoms with van der Waals surface area (Å²) in [6, 6.07) is 0. The van der Waals surface area contributed by atoms with Crippen LogP contribution >= 0.6 is 0 Å². The highest BCUT2D eigenvalue weighted by Crippen LogP contribution is 2.37. The third-order valence-electron chi connectivity index (χ3n) is 3.43. The fourth-order valence-electron chi connectivity index (χ4n) is 2.54. The van der Waals surface area contributed by atoms with Gasteiger partial charge in [-0.3, -0.25) is 19.2 Å². The highest BCUT2D eigenvalue weighted by Gasteiger charge is 2.37. The highest BCUT2D eigenvalue weighted by molar-refractivity contribution is 5.75. The van der Waals surface area contributed by atoms with Crippen LogP contribution in [0.5, 0.6) is 0 Å². The van der Waals surface area contributed by atoms with Gasteiger partial charge in [0.05, 0.1) is 19.3 Å². The van der Waals surface area contributed by atoms with E-state index in [9.17, 15) is 19.2 Å². The molecule has 0 atom stereocenters. The predicted molar refractivity (Wildman–Crippen MR) is 74.5 cm³/mol. The molecule has 0 saturated heterocycles. The van der Waals surface area contributed by atoms with Crippen LogP contribution in [0.25, 0.3) is 0 Å². The summed E-state index contributed by atoms with van der Waals surface area (Å²) in [4.78, 5) is 43.2. The van der Waals surface area contributed by atoms with Crippen LogP contribution in [-0.4, -0.2) is 44.3 Å². The van der Waals surface area contributed by atoms with Crippen molar-refractivity contribution in [3.8, 4) is 0 Å². The molecule has 8 nitrogen and oxygen atoms in total. The average molecular weight is 318 g/mol. The summed E-state index contributed by atoms with van der Waals surface area (Å²) in [5, 5.41) is 35.3. The fourth-order valence-corrected chi connectivity index (χ4v) is 2.54. The normalized spacial score (nSPS) is 11.1. The fraction of sp³-hybridized carbons (Fsp3) is 0.714. The lowest BCUT2D eigenvalue weighted by atomic mass is 9.74. The Kier molecular flexibility index (Phi) is 8.81. The second-order valence-electron chi connectivity index (χ2n) is 5.52.